The van der Waals surface area contributed by atoms with Crippen LogP contribution in [0.3, 0.4) is 0 Å². The number of carbonyl (C=O) groups excluding carboxylic acids is 2. The van der Waals surface area contributed by atoms with Crippen LogP contribution >= 0.6 is 0 Å². The zero-order valence-corrected chi connectivity index (χ0v) is 15.8. The molecule has 0 radical (unpaired) electrons. The third-order valence-electron chi connectivity index (χ3n) is 4.32. The van der Waals surface area contributed by atoms with Crippen LogP contribution in [-0.2, 0) is 17.9 Å². The summed E-state index contributed by atoms with van der Waals surface area (Å²) in [5, 5.41) is 5.28. The first-order chi connectivity index (χ1) is 13.9. The number of rotatable bonds is 6. The third kappa shape index (κ3) is 5.16. The second-order valence-corrected chi connectivity index (χ2v) is 6.52. The lowest BCUT2D eigenvalue weighted by Crippen LogP contribution is -2.34. The van der Waals surface area contributed by atoms with E-state index in [4.69, 9.17) is 0 Å². The zero-order chi connectivity index (χ0) is 20.8. The smallest absolute Gasteiger partial charge is 0.268 e. The number of amides is 2. The lowest BCUT2D eigenvalue weighted by atomic mass is 10.2. The molecular weight excluding hydrogens is 373 g/mol. The Morgan fingerprint density at radius 3 is 2.41 bits per heavy atom. The Morgan fingerprint density at radius 2 is 1.69 bits per heavy atom. The molecule has 3 aromatic rings. The predicted molar refractivity (Wildman–Crippen MR) is 108 cm³/mol. The van der Waals surface area contributed by atoms with Crippen molar-refractivity contribution >= 4 is 17.5 Å². The van der Waals surface area contributed by atoms with Crippen molar-refractivity contribution in [3.63, 3.8) is 0 Å². The summed E-state index contributed by atoms with van der Waals surface area (Å²) in [7, 11) is 0. The number of nitrogens with zero attached hydrogens (tertiary/aromatic N) is 1. The lowest BCUT2D eigenvalue weighted by molar-refractivity contribution is -0.116. The third-order valence-corrected chi connectivity index (χ3v) is 4.32. The van der Waals surface area contributed by atoms with Gasteiger partial charge < -0.3 is 10.6 Å². The van der Waals surface area contributed by atoms with Gasteiger partial charge in [0.05, 0.1) is 0 Å². The van der Waals surface area contributed by atoms with Gasteiger partial charge in [0.15, 0.2) is 0 Å². The molecular formula is C22H20FN3O3. The molecule has 0 saturated carbocycles. The highest BCUT2D eigenvalue weighted by atomic mass is 19.1. The van der Waals surface area contributed by atoms with Crippen molar-refractivity contribution in [1.82, 2.24) is 9.88 Å². The quantitative estimate of drug-likeness (QED) is 0.676. The number of hydrogen-bond donors (Lipinski definition) is 2. The van der Waals surface area contributed by atoms with Crippen LogP contribution in [0.25, 0.3) is 0 Å². The first kappa shape index (κ1) is 20.0. The number of halogens is 1. The van der Waals surface area contributed by atoms with E-state index in [0.29, 0.717) is 11.3 Å². The molecule has 0 saturated heterocycles. The minimum Gasteiger partial charge on any atom is -0.347 e. The van der Waals surface area contributed by atoms with E-state index in [1.165, 1.54) is 24.3 Å². The Bertz CT molecular complexity index is 1090. The number of aromatic nitrogens is 1. The van der Waals surface area contributed by atoms with Crippen LogP contribution in [0, 0.1) is 12.7 Å². The molecule has 0 aliphatic carbocycles. The summed E-state index contributed by atoms with van der Waals surface area (Å²) in [6, 6.07) is 17.4. The Balaban J connectivity index is 1.73. The predicted octanol–water partition coefficient (Wildman–Crippen LogP) is 2.86. The molecule has 0 aliphatic heterocycles. The molecule has 1 aromatic heterocycles. The van der Waals surface area contributed by atoms with Crippen molar-refractivity contribution in [3.05, 3.63) is 99.7 Å². The topological polar surface area (TPSA) is 80.2 Å². The molecule has 0 bridgehead atoms. The molecule has 2 amide bonds. The minimum absolute atomic E-state index is 0.0212. The number of pyridine rings is 1. The number of hydrogen-bond acceptors (Lipinski definition) is 3. The second kappa shape index (κ2) is 8.97. The van der Waals surface area contributed by atoms with Gasteiger partial charge in [-0.05, 0) is 31.2 Å². The van der Waals surface area contributed by atoms with E-state index >= 15 is 0 Å². The normalized spacial score (nSPS) is 10.4. The summed E-state index contributed by atoms with van der Waals surface area (Å²) < 4.78 is 14.8. The van der Waals surface area contributed by atoms with Gasteiger partial charge in [-0.2, -0.15) is 0 Å². The number of benzene rings is 2. The van der Waals surface area contributed by atoms with Crippen LogP contribution in [0.15, 0.2) is 71.5 Å². The van der Waals surface area contributed by atoms with E-state index in [0.717, 1.165) is 10.1 Å². The summed E-state index contributed by atoms with van der Waals surface area (Å²) in [6.07, 6.45) is 0. The van der Waals surface area contributed by atoms with E-state index < -0.39 is 23.2 Å². The molecule has 2 aromatic carbocycles. The van der Waals surface area contributed by atoms with Gasteiger partial charge in [-0.1, -0.05) is 42.0 Å². The summed E-state index contributed by atoms with van der Waals surface area (Å²) >= 11 is 0. The zero-order valence-electron chi connectivity index (χ0n) is 15.8. The summed E-state index contributed by atoms with van der Waals surface area (Å²) in [4.78, 5) is 37.2. The molecule has 148 valence electrons. The largest absolute Gasteiger partial charge is 0.347 e. The van der Waals surface area contributed by atoms with Crippen LogP contribution in [0.5, 0.6) is 0 Å². The number of carbonyl (C=O) groups is 2. The highest BCUT2D eigenvalue weighted by Crippen LogP contribution is 2.09. The monoisotopic (exact) mass is 393 g/mol. The van der Waals surface area contributed by atoms with Gasteiger partial charge in [0.25, 0.3) is 11.5 Å². The van der Waals surface area contributed by atoms with E-state index in [-0.39, 0.29) is 18.8 Å². The van der Waals surface area contributed by atoms with E-state index in [2.05, 4.69) is 10.6 Å². The highest BCUT2D eigenvalue weighted by Gasteiger charge is 2.15. The molecule has 3 rings (SSSR count). The maximum atomic E-state index is 13.7. The van der Waals surface area contributed by atoms with Gasteiger partial charge in [-0.3, -0.25) is 19.0 Å². The Hall–Kier alpha value is -3.74. The molecule has 0 unspecified atom stereocenters. The molecule has 0 spiro atoms. The van der Waals surface area contributed by atoms with Crippen molar-refractivity contribution in [2.24, 2.45) is 0 Å². The number of nitrogens with one attached hydrogen (secondary N) is 2. The first-order valence-electron chi connectivity index (χ1n) is 9.02. The standard InChI is InChI=1S/C22H20FN3O3/c1-15-9-11-17(12-10-15)25-20(27)14-26-19(7-4-8-21(26)28)22(29)24-13-16-5-2-3-6-18(16)23/h2-12H,13-14H2,1H3,(H,24,29)(H,25,27). The summed E-state index contributed by atoms with van der Waals surface area (Å²) in [5.41, 5.74) is 1.50. The van der Waals surface area contributed by atoms with E-state index in [9.17, 15) is 18.8 Å². The maximum absolute atomic E-state index is 13.7. The molecule has 7 heteroatoms. The lowest BCUT2D eigenvalue weighted by Gasteiger charge is -2.13. The Morgan fingerprint density at radius 1 is 0.966 bits per heavy atom. The fraction of sp³-hybridized carbons (Fsp3) is 0.136. The Labute approximate surface area is 167 Å². The van der Waals surface area contributed by atoms with Crippen LogP contribution in [0.1, 0.15) is 21.6 Å². The number of anilines is 1. The average molecular weight is 393 g/mol. The van der Waals surface area contributed by atoms with Gasteiger partial charge in [0.2, 0.25) is 5.91 Å². The minimum atomic E-state index is -0.575. The summed E-state index contributed by atoms with van der Waals surface area (Å²) in [6.45, 7) is 1.57. The average Bonchev–Trinajstić information content (AvgIpc) is 2.70. The molecule has 0 aliphatic rings. The van der Waals surface area contributed by atoms with E-state index in [1.54, 1.807) is 30.3 Å². The van der Waals surface area contributed by atoms with Crippen molar-refractivity contribution in [2.75, 3.05) is 5.32 Å². The maximum Gasteiger partial charge on any atom is 0.268 e. The number of aryl methyl sites for hydroxylation is 1. The van der Waals surface area contributed by atoms with Crippen LogP contribution < -0.4 is 16.2 Å². The molecule has 2 N–H and O–H groups in total. The fourth-order valence-corrected chi connectivity index (χ4v) is 2.77. The van der Waals surface area contributed by atoms with Gasteiger partial charge in [0, 0.05) is 23.9 Å². The van der Waals surface area contributed by atoms with Gasteiger partial charge in [-0.15, -0.1) is 0 Å². The molecule has 1 heterocycles. The van der Waals surface area contributed by atoms with Crippen molar-refractivity contribution in [1.29, 1.82) is 0 Å². The summed E-state index contributed by atoms with van der Waals surface area (Å²) in [5.74, 6) is -1.45. The van der Waals surface area contributed by atoms with Crippen molar-refractivity contribution in [2.45, 2.75) is 20.0 Å². The van der Waals surface area contributed by atoms with Crippen molar-refractivity contribution in [3.8, 4) is 0 Å². The van der Waals surface area contributed by atoms with Crippen LogP contribution in [0.4, 0.5) is 10.1 Å². The molecule has 29 heavy (non-hydrogen) atoms. The SMILES string of the molecule is Cc1ccc(NC(=O)Cn2c(C(=O)NCc3ccccc3F)cccc2=O)cc1. The van der Waals surface area contributed by atoms with Crippen LogP contribution in [-0.4, -0.2) is 16.4 Å². The fourth-order valence-electron chi connectivity index (χ4n) is 2.77. The molecule has 6 nitrogen and oxygen atoms in total. The molecule has 0 fully saturated rings. The second-order valence-electron chi connectivity index (χ2n) is 6.52. The van der Waals surface area contributed by atoms with Gasteiger partial charge in [-0.25, -0.2) is 4.39 Å². The highest BCUT2D eigenvalue weighted by molar-refractivity contribution is 5.94. The Kier molecular flexibility index (Phi) is 6.19. The van der Waals surface area contributed by atoms with Gasteiger partial charge in [0.1, 0.15) is 18.1 Å². The van der Waals surface area contributed by atoms with Crippen molar-refractivity contribution < 1.29 is 14.0 Å². The van der Waals surface area contributed by atoms with Crippen LogP contribution in [0.2, 0.25) is 0 Å². The molecule has 0 atom stereocenters. The first-order valence-corrected chi connectivity index (χ1v) is 9.02. The van der Waals surface area contributed by atoms with E-state index in [1.807, 2.05) is 19.1 Å². The van der Waals surface area contributed by atoms with Gasteiger partial charge >= 0.3 is 0 Å².